The van der Waals surface area contributed by atoms with Crippen LogP contribution in [0.15, 0.2) is 33.7 Å². The Labute approximate surface area is 86.6 Å². The Bertz CT molecular complexity index is 466. The molecule has 84 valence electrons. The van der Waals surface area contributed by atoms with Crippen LogP contribution in [0.5, 0.6) is 0 Å². The van der Waals surface area contributed by atoms with Gasteiger partial charge in [0.15, 0.2) is 6.23 Å². The van der Waals surface area contributed by atoms with E-state index >= 15 is 0 Å². The largest absolute Gasteiger partial charge is 0.375 e. The maximum Gasteiger partial charge on any atom is 0.289 e. The van der Waals surface area contributed by atoms with E-state index in [4.69, 9.17) is 0 Å². The Kier molecular flexibility index (Phi) is 2.02. The first-order valence-corrected chi connectivity index (χ1v) is 3.86. The molecule has 0 aromatic heterocycles. The fraction of sp³-hybridized carbons (Fsp3) is 0.200. The fourth-order valence-electron chi connectivity index (χ4n) is 1.21. The second-order valence-corrected chi connectivity index (χ2v) is 2.79. The summed E-state index contributed by atoms with van der Waals surface area (Å²) in [6, 6.07) is 0. The van der Waals surface area contributed by atoms with Gasteiger partial charge in [-0.2, -0.15) is 5.22 Å². The summed E-state index contributed by atoms with van der Waals surface area (Å²) in [5.41, 5.74) is 1.90. The zero-order valence-electron chi connectivity index (χ0n) is 7.42. The van der Waals surface area contributed by atoms with E-state index in [2.05, 4.69) is 15.9 Å². The van der Waals surface area contributed by atoms with Crippen molar-refractivity contribution in [2.75, 3.05) is 0 Å². The first-order chi connectivity index (χ1) is 7.52. The van der Waals surface area contributed by atoms with Crippen LogP contribution in [-0.2, 0) is 0 Å². The molecule has 1 unspecified atom stereocenters. The molecule has 0 radical (unpaired) electrons. The van der Waals surface area contributed by atoms with Crippen LogP contribution in [-0.4, -0.2) is 26.2 Å². The lowest BCUT2D eigenvalue weighted by molar-refractivity contribution is -0.451. The Hall–Kier alpha value is -2.56. The van der Waals surface area contributed by atoms with Gasteiger partial charge in [0, 0.05) is 0 Å². The number of aliphatic hydroxyl groups excluding tert-OH is 1. The van der Waals surface area contributed by atoms with Crippen molar-refractivity contribution >= 4 is 0 Å². The molecule has 0 spiro atoms. The predicted octanol–water partition coefficient (Wildman–Crippen LogP) is -0.104. The zero-order chi connectivity index (χ0) is 11.9. The van der Waals surface area contributed by atoms with E-state index in [9.17, 15) is 25.3 Å². The van der Waals surface area contributed by atoms with Gasteiger partial charge in [-0.25, -0.2) is 0 Å². The van der Waals surface area contributed by atoms with Crippen molar-refractivity contribution in [3.8, 4) is 0 Å². The van der Waals surface area contributed by atoms with Crippen LogP contribution in [0.1, 0.15) is 0 Å². The molecule has 11 heteroatoms. The molecule has 0 saturated heterocycles. The number of allylic oxidation sites excluding steroid dienone is 1. The maximum atomic E-state index is 10.6. The van der Waals surface area contributed by atoms with Crippen molar-refractivity contribution in [2.24, 2.45) is 10.4 Å². The molecule has 0 saturated carbocycles. The number of nitro groups is 2. The van der Waals surface area contributed by atoms with Crippen molar-refractivity contribution in [2.45, 2.75) is 6.23 Å². The molecule has 0 amide bonds. The van der Waals surface area contributed by atoms with Crippen LogP contribution in [0.25, 0.3) is 5.43 Å². The van der Waals surface area contributed by atoms with Gasteiger partial charge in [0.05, 0.1) is 15.9 Å². The van der Waals surface area contributed by atoms with Crippen LogP contribution in [0.3, 0.4) is 0 Å². The Morgan fingerprint density at radius 3 is 2.69 bits per heavy atom. The van der Waals surface area contributed by atoms with Crippen molar-refractivity contribution in [1.29, 1.82) is 0 Å². The number of aliphatic hydroxyl groups is 1. The lowest BCUT2D eigenvalue weighted by Gasteiger charge is -2.28. The van der Waals surface area contributed by atoms with E-state index in [1.807, 2.05) is 0 Å². The molecule has 0 aliphatic carbocycles. The highest BCUT2D eigenvalue weighted by Gasteiger charge is 2.37. The van der Waals surface area contributed by atoms with Gasteiger partial charge in [-0.1, -0.05) is 0 Å². The summed E-state index contributed by atoms with van der Waals surface area (Å²) in [6.07, 6.45) is -1.10. The highest BCUT2D eigenvalue weighted by atomic mass is 16.6. The molecule has 0 bridgehead atoms. The quantitative estimate of drug-likeness (QED) is 0.513. The molecule has 1 N–H and O–H groups in total. The number of rotatable bonds is 2. The van der Waals surface area contributed by atoms with Crippen LogP contribution in [0, 0.1) is 20.2 Å². The first kappa shape index (κ1) is 9.97. The van der Waals surface area contributed by atoms with Gasteiger partial charge in [0.2, 0.25) is 0 Å². The van der Waals surface area contributed by atoms with Crippen molar-refractivity contribution in [3.63, 3.8) is 0 Å². The third-order valence-corrected chi connectivity index (χ3v) is 1.91. The van der Waals surface area contributed by atoms with E-state index in [1.165, 1.54) is 0 Å². The summed E-state index contributed by atoms with van der Waals surface area (Å²) in [4.78, 5) is 19.3. The number of hydrogen-bond acceptors (Lipinski definition) is 8. The lowest BCUT2D eigenvalue weighted by Crippen LogP contribution is -2.36. The molecule has 0 fully saturated rings. The molecule has 0 aromatic rings. The van der Waals surface area contributed by atoms with Gasteiger partial charge in [-0.05, 0) is 0 Å². The fourth-order valence-corrected chi connectivity index (χ4v) is 1.21. The van der Waals surface area contributed by atoms with Gasteiger partial charge < -0.3 is 10.1 Å². The molecule has 1 atom stereocenters. The molecule has 11 nitrogen and oxygen atoms in total. The zero-order valence-corrected chi connectivity index (χ0v) is 7.42. The molecule has 2 rings (SSSR count). The van der Waals surface area contributed by atoms with E-state index in [1.54, 1.807) is 0 Å². The van der Waals surface area contributed by atoms with Crippen LogP contribution in [0.2, 0.25) is 0 Å². The topological polar surface area (TPSA) is 149 Å². The normalized spacial score (nSPS) is 22.7. The van der Waals surface area contributed by atoms with Gasteiger partial charge in [-0.15, -0.1) is 0 Å². The minimum Gasteiger partial charge on any atom is -0.375 e. The number of nitrogens with zero attached hydrogens (tertiary/aromatic N) is 6. The summed E-state index contributed by atoms with van der Waals surface area (Å²) in [6.45, 7) is 0. The minimum absolute atomic E-state index is 0.330. The van der Waals surface area contributed by atoms with E-state index < -0.39 is 27.5 Å². The van der Waals surface area contributed by atoms with E-state index in [0.717, 1.165) is 0 Å². The van der Waals surface area contributed by atoms with Crippen molar-refractivity contribution in [1.82, 2.24) is 5.01 Å². The summed E-state index contributed by atoms with van der Waals surface area (Å²) >= 11 is 0. The smallest absolute Gasteiger partial charge is 0.289 e. The van der Waals surface area contributed by atoms with Crippen molar-refractivity contribution in [3.05, 3.63) is 48.9 Å². The van der Waals surface area contributed by atoms with E-state index in [-0.39, 0.29) is 5.82 Å². The second kappa shape index (κ2) is 3.23. The summed E-state index contributed by atoms with van der Waals surface area (Å²) in [5, 5.41) is 37.5. The Balaban J connectivity index is 2.53. The molecule has 2 aliphatic rings. The lowest BCUT2D eigenvalue weighted by atomic mass is 10.2. The highest BCUT2D eigenvalue weighted by molar-refractivity contribution is 5.33. The second-order valence-electron chi connectivity index (χ2n) is 2.79. The van der Waals surface area contributed by atoms with E-state index in [0.29, 0.717) is 11.1 Å². The standard InChI is InChI=1S/C5H3N6O5/c12-5-3(11(15)16)1-2(10(13)14)4-6-7-8-9(4)5/h1,5,12H/q-1. The molecule has 2 aliphatic heterocycles. The summed E-state index contributed by atoms with van der Waals surface area (Å²) < 4.78 is 0. The molecular formula is C5H3N6O5-. The van der Waals surface area contributed by atoms with Gasteiger partial charge in [-0.3, -0.25) is 30.9 Å². The third-order valence-electron chi connectivity index (χ3n) is 1.91. The average Bonchev–Trinajstić information content (AvgIpc) is 2.66. The summed E-state index contributed by atoms with van der Waals surface area (Å²) in [7, 11) is 0. The number of hydrogen-bond donors (Lipinski definition) is 1. The SMILES string of the molecule is O=[N+]([O-])C1=CC([N+](=O)[O-])=C2[N-]N=NN2C1O. The Morgan fingerprint density at radius 2 is 2.12 bits per heavy atom. The molecule has 16 heavy (non-hydrogen) atoms. The predicted molar refractivity (Wildman–Crippen MR) is 45.2 cm³/mol. The third kappa shape index (κ3) is 1.26. The van der Waals surface area contributed by atoms with Crippen LogP contribution < -0.4 is 0 Å². The Morgan fingerprint density at radius 1 is 1.44 bits per heavy atom. The van der Waals surface area contributed by atoms with Gasteiger partial charge >= 0.3 is 0 Å². The van der Waals surface area contributed by atoms with Gasteiger partial charge in [0.25, 0.3) is 11.4 Å². The molecule has 2 heterocycles. The van der Waals surface area contributed by atoms with Crippen LogP contribution >= 0.6 is 0 Å². The molecular weight excluding hydrogens is 224 g/mol. The van der Waals surface area contributed by atoms with Crippen LogP contribution in [0.4, 0.5) is 0 Å². The van der Waals surface area contributed by atoms with Crippen molar-refractivity contribution < 1.29 is 15.0 Å². The molecule has 0 aromatic carbocycles. The monoisotopic (exact) mass is 227 g/mol. The average molecular weight is 227 g/mol. The minimum atomic E-state index is -1.73. The number of fused-ring (bicyclic) bond motifs is 1. The first-order valence-electron chi connectivity index (χ1n) is 3.86. The maximum absolute atomic E-state index is 10.6. The van der Waals surface area contributed by atoms with Gasteiger partial charge in [0.1, 0.15) is 5.82 Å². The summed E-state index contributed by atoms with van der Waals surface area (Å²) in [5.74, 6) is -0.330. The highest BCUT2D eigenvalue weighted by Crippen LogP contribution is 2.33.